The number of rotatable bonds is 5. The number of benzene rings is 11. The molecular weight excluding hydrogens is 915 g/mol. The molecule has 0 aliphatic rings. The van der Waals surface area contributed by atoms with Gasteiger partial charge in [0.05, 0.1) is 96.1 Å². The molecule has 0 aliphatic carbocycles. The van der Waals surface area contributed by atoms with E-state index >= 15 is 0 Å². The lowest BCUT2D eigenvalue weighted by molar-refractivity contribution is 1.02. The Kier molecular flexibility index (Phi) is 8.46. The predicted molar refractivity (Wildman–Crippen MR) is 309 cm³/mol. The Labute approximate surface area is 428 Å². The fraction of sp³-hybridized carbons (Fsp3) is 0. The third-order valence-corrected chi connectivity index (χ3v) is 15.7. The molecule has 5 heterocycles. The maximum atomic E-state index is 12.3. The van der Waals surface area contributed by atoms with Crippen molar-refractivity contribution in [2.45, 2.75) is 0 Å². The third kappa shape index (κ3) is 5.40. The van der Waals surface area contributed by atoms with Gasteiger partial charge in [-0.3, -0.25) is 0 Å². The minimum Gasteiger partial charge on any atom is -0.317 e. The zero-order chi connectivity index (χ0) is 49.5. The quantitative estimate of drug-likeness (QED) is 0.159. The van der Waals surface area contributed by atoms with Crippen molar-refractivity contribution in [3.63, 3.8) is 0 Å². The SMILES string of the molecule is [C-]#[N+]c1c(C#N)c(-n2c3ccccc3c3ccccc32)c(-n2c3ccccc3c3ccc4c(c5ccccc5n4-c4ccccc4)c32)c(-n2c3ccccc3c3ccccc32)c1-n1c2ccccc2c2ccccc21. The number of hydrogen-bond acceptors (Lipinski definition) is 1. The summed E-state index contributed by atoms with van der Waals surface area (Å²) in [5, 5.41) is 23.0. The van der Waals surface area contributed by atoms with E-state index in [1.165, 1.54) is 0 Å². The minimum absolute atomic E-state index is 0.257. The fourth-order valence-corrected chi connectivity index (χ4v) is 12.8. The van der Waals surface area contributed by atoms with Crippen LogP contribution in [0.2, 0.25) is 0 Å². The smallest absolute Gasteiger partial charge is 0.232 e. The van der Waals surface area contributed by atoms with Gasteiger partial charge in [-0.1, -0.05) is 170 Å². The number of nitrogens with zero attached hydrogens (tertiary/aromatic N) is 7. The molecule has 0 atom stereocenters. The highest BCUT2D eigenvalue weighted by atomic mass is 15.2. The summed E-state index contributed by atoms with van der Waals surface area (Å²) in [6, 6.07) is 86.4. The number of nitriles is 1. The molecule has 0 aliphatic heterocycles. The first kappa shape index (κ1) is 41.1. The van der Waals surface area contributed by atoms with Gasteiger partial charge in [0.15, 0.2) is 0 Å². The van der Waals surface area contributed by atoms with Gasteiger partial charge >= 0.3 is 0 Å². The van der Waals surface area contributed by atoms with E-state index < -0.39 is 0 Å². The Morgan fingerprint density at radius 1 is 0.293 bits per heavy atom. The summed E-state index contributed by atoms with van der Waals surface area (Å²) in [7, 11) is 0. The van der Waals surface area contributed by atoms with Crippen LogP contribution in [-0.4, -0.2) is 22.8 Å². The summed E-state index contributed by atoms with van der Waals surface area (Å²) in [6.07, 6.45) is 0. The zero-order valence-corrected chi connectivity index (χ0v) is 40.1. The van der Waals surface area contributed by atoms with Crippen molar-refractivity contribution in [2.75, 3.05) is 0 Å². The summed E-state index contributed by atoms with van der Waals surface area (Å²) in [5.41, 5.74) is 14.1. The summed E-state index contributed by atoms with van der Waals surface area (Å²) < 4.78 is 11.8. The first-order valence-corrected chi connectivity index (χ1v) is 25.2. The number of aromatic nitrogens is 5. The third-order valence-electron chi connectivity index (χ3n) is 15.7. The van der Waals surface area contributed by atoms with E-state index in [4.69, 9.17) is 0 Å². The summed E-state index contributed by atoms with van der Waals surface area (Å²) >= 11 is 0. The van der Waals surface area contributed by atoms with Crippen molar-refractivity contribution in [1.82, 2.24) is 22.8 Å². The summed E-state index contributed by atoms with van der Waals surface area (Å²) in [6.45, 7) is 9.57. The van der Waals surface area contributed by atoms with E-state index in [2.05, 4.69) is 270 Å². The van der Waals surface area contributed by atoms with Gasteiger partial charge < -0.3 is 22.8 Å². The summed E-state index contributed by atoms with van der Waals surface area (Å²) in [5.74, 6) is 0. The second-order valence-corrected chi connectivity index (χ2v) is 19.3. The summed E-state index contributed by atoms with van der Waals surface area (Å²) in [4.78, 5) is 4.61. The highest BCUT2D eigenvalue weighted by molar-refractivity contribution is 6.27. The number of fused-ring (bicyclic) bond motifs is 16. The van der Waals surface area contributed by atoms with Gasteiger partial charge in [-0.2, -0.15) is 5.26 Å². The first-order chi connectivity index (χ1) is 37.2. The largest absolute Gasteiger partial charge is 0.317 e. The second kappa shape index (κ2) is 15.5. The maximum Gasteiger partial charge on any atom is 0.232 e. The molecule has 16 aromatic rings. The van der Waals surface area contributed by atoms with Crippen LogP contribution >= 0.6 is 0 Å². The fourth-order valence-electron chi connectivity index (χ4n) is 12.8. The molecule has 0 unspecified atom stereocenters. The van der Waals surface area contributed by atoms with Crippen LogP contribution in [0.1, 0.15) is 5.56 Å². The molecule has 0 spiro atoms. The van der Waals surface area contributed by atoms with Gasteiger partial charge in [-0.05, 0) is 66.7 Å². The molecule has 0 fully saturated rings. The van der Waals surface area contributed by atoms with E-state index in [0.717, 1.165) is 126 Å². The van der Waals surface area contributed by atoms with E-state index in [1.807, 2.05) is 0 Å². The molecule has 7 nitrogen and oxygen atoms in total. The average Bonchev–Trinajstić information content (AvgIpc) is 4.38. The number of para-hydroxylation sites is 9. The van der Waals surface area contributed by atoms with Gasteiger partial charge in [0.2, 0.25) is 5.69 Å². The van der Waals surface area contributed by atoms with Gasteiger partial charge in [0, 0.05) is 59.5 Å². The highest BCUT2D eigenvalue weighted by Crippen LogP contribution is 2.53. The zero-order valence-electron chi connectivity index (χ0n) is 40.1. The molecule has 0 saturated heterocycles. The van der Waals surface area contributed by atoms with E-state index in [0.29, 0.717) is 11.4 Å². The Bertz CT molecular complexity index is 5060. The first-order valence-electron chi connectivity index (χ1n) is 25.2. The Morgan fingerprint density at radius 2 is 0.627 bits per heavy atom. The van der Waals surface area contributed by atoms with Crippen molar-refractivity contribution in [1.29, 1.82) is 5.26 Å². The molecule has 16 rings (SSSR count). The van der Waals surface area contributed by atoms with Crippen LogP contribution in [0.15, 0.2) is 237 Å². The lowest BCUT2D eigenvalue weighted by atomic mass is 10.0. The molecule has 75 heavy (non-hydrogen) atoms. The molecule has 7 heteroatoms. The predicted octanol–water partition coefficient (Wildman–Crippen LogP) is 17.6. The van der Waals surface area contributed by atoms with Gasteiger partial charge in [-0.25, -0.2) is 4.85 Å². The van der Waals surface area contributed by atoms with E-state index in [-0.39, 0.29) is 11.3 Å². The molecule has 0 saturated carbocycles. The lowest BCUT2D eigenvalue weighted by Crippen LogP contribution is -2.15. The molecule has 0 bridgehead atoms. The van der Waals surface area contributed by atoms with Gasteiger partial charge in [0.1, 0.15) is 0 Å². The highest BCUT2D eigenvalue weighted by Gasteiger charge is 2.35. The average molecular weight is 954 g/mol. The molecule has 346 valence electrons. The van der Waals surface area contributed by atoms with Crippen LogP contribution < -0.4 is 0 Å². The standard InChI is InChI=1S/C68H39N7/c1-70-63-52(41-69)65(72-53-31-13-5-23-43(53)44-24-6-14-32-54(44)72)67(75-59-37-19-11-29-49(59)50-39-40-61-62(64(50)75)51-30-12-20-38-60(51)71(61)42-21-3-2-4-22-42)68(74-57-35-17-9-27-47(57)48-28-10-18-36-58(48)74)66(63)73-55-33-15-7-25-45(55)46-26-8-16-34-56(46)73/h2-40H. The van der Waals surface area contributed by atoms with Crippen molar-refractivity contribution < 1.29 is 0 Å². The van der Waals surface area contributed by atoms with Crippen LogP contribution in [0.4, 0.5) is 5.69 Å². The minimum atomic E-state index is 0.257. The monoisotopic (exact) mass is 953 g/mol. The molecule has 0 amide bonds. The van der Waals surface area contributed by atoms with Crippen molar-refractivity contribution in [3.05, 3.63) is 254 Å². The van der Waals surface area contributed by atoms with E-state index in [9.17, 15) is 11.8 Å². The molecule has 0 radical (unpaired) electrons. The molecule has 0 N–H and O–H groups in total. The Balaban J connectivity index is 1.27. The molecular formula is C68H39N7. The molecule has 11 aromatic carbocycles. The normalized spacial score (nSPS) is 12.0. The lowest BCUT2D eigenvalue weighted by Gasteiger charge is -2.28. The van der Waals surface area contributed by atoms with Gasteiger partial charge in [0.25, 0.3) is 0 Å². The van der Waals surface area contributed by atoms with Gasteiger partial charge in [-0.15, -0.1) is 0 Å². The topological polar surface area (TPSA) is 52.8 Å². The Morgan fingerprint density at radius 3 is 1.05 bits per heavy atom. The second-order valence-electron chi connectivity index (χ2n) is 19.3. The Hall–Kier alpha value is -10.6. The maximum absolute atomic E-state index is 12.3. The van der Waals surface area contributed by atoms with Crippen LogP contribution in [0.25, 0.3) is 142 Å². The van der Waals surface area contributed by atoms with Crippen LogP contribution in [0.3, 0.4) is 0 Å². The van der Waals surface area contributed by atoms with Crippen LogP contribution in [0.5, 0.6) is 0 Å². The van der Waals surface area contributed by atoms with E-state index in [1.54, 1.807) is 0 Å². The van der Waals surface area contributed by atoms with Crippen molar-refractivity contribution >= 4 is 115 Å². The van der Waals surface area contributed by atoms with Crippen LogP contribution in [0, 0.1) is 17.9 Å². The van der Waals surface area contributed by atoms with Crippen molar-refractivity contribution in [3.8, 4) is 34.5 Å². The molecule has 5 aromatic heterocycles. The number of hydrogen-bond donors (Lipinski definition) is 0. The van der Waals surface area contributed by atoms with Crippen LogP contribution in [-0.2, 0) is 0 Å². The van der Waals surface area contributed by atoms with Crippen molar-refractivity contribution in [2.24, 2.45) is 0 Å².